The van der Waals surface area contributed by atoms with E-state index < -0.39 is 0 Å². The van der Waals surface area contributed by atoms with Crippen molar-refractivity contribution in [2.24, 2.45) is 0 Å². The predicted octanol–water partition coefficient (Wildman–Crippen LogP) is 1.81. The molecule has 0 aliphatic heterocycles. The molecule has 0 aromatic heterocycles. The summed E-state index contributed by atoms with van der Waals surface area (Å²) in [6, 6.07) is 1.16. The summed E-state index contributed by atoms with van der Waals surface area (Å²) in [5.74, 6) is 0. The van der Waals surface area contributed by atoms with Gasteiger partial charge in [0.25, 0.3) is 0 Å². The van der Waals surface area contributed by atoms with E-state index in [-0.39, 0.29) is 6.61 Å². The van der Waals surface area contributed by atoms with Crippen LogP contribution in [0.15, 0.2) is 0 Å². The topological polar surface area (TPSA) is 26.7 Å². The van der Waals surface area contributed by atoms with Crippen LogP contribution in [0.1, 0.15) is 41.0 Å². The molecule has 0 unspecified atom stereocenters. The smallest absolute Gasteiger partial charge is 0.0558 e. The van der Waals surface area contributed by atoms with Gasteiger partial charge in [0.1, 0.15) is 0 Å². The van der Waals surface area contributed by atoms with Crippen molar-refractivity contribution in [1.29, 1.82) is 0 Å². The molecule has 1 N–H and O–H groups in total. The second-order valence-corrected chi connectivity index (χ2v) is 4.93. The predicted molar refractivity (Wildman–Crippen MR) is 70.8 cm³/mol. The molecule has 0 aromatic carbocycles. The van der Waals surface area contributed by atoms with E-state index in [0.717, 1.165) is 26.2 Å². The van der Waals surface area contributed by atoms with E-state index >= 15 is 0 Å². The molecular weight excluding hydrogens is 200 g/mol. The SMILES string of the molecule is CCN(CCCN(CCO)C(C)C)C(C)C. The zero-order chi connectivity index (χ0) is 12.6. The highest BCUT2D eigenvalue weighted by Crippen LogP contribution is 2.03. The van der Waals surface area contributed by atoms with Crippen LogP contribution in [-0.4, -0.2) is 59.8 Å². The molecule has 0 bridgehead atoms. The van der Waals surface area contributed by atoms with E-state index in [4.69, 9.17) is 5.11 Å². The molecule has 0 aromatic rings. The Labute approximate surface area is 101 Å². The van der Waals surface area contributed by atoms with Gasteiger partial charge in [0.05, 0.1) is 6.61 Å². The number of hydrogen-bond acceptors (Lipinski definition) is 3. The molecule has 0 radical (unpaired) electrons. The van der Waals surface area contributed by atoms with Gasteiger partial charge in [0, 0.05) is 18.6 Å². The zero-order valence-electron chi connectivity index (χ0n) is 11.7. The van der Waals surface area contributed by atoms with Crippen molar-refractivity contribution < 1.29 is 5.11 Å². The van der Waals surface area contributed by atoms with Crippen LogP contribution in [-0.2, 0) is 0 Å². The fraction of sp³-hybridized carbons (Fsp3) is 1.00. The van der Waals surface area contributed by atoms with Crippen LogP contribution < -0.4 is 0 Å². The van der Waals surface area contributed by atoms with Gasteiger partial charge < -0.3 is 10.0 Å². The average molecular weight is 230 g/mol. The zero-order valence-corrected chi connectivity index (χ0v) is 11.7. The van der Waals surface area contributed by atoms with Crippen LogP contribution in [0.3, 0.4) is 0 Å². The van der Waals surface area contributed by atoms with Crippen LogP contribution in [0.5, 0.6) is 0 Å². The minimum Gasteiger partial charge on any atom is -0.395 e. The maximum atomic E-state index is 8.98. The Morgan fingerprint density at radius 1 is 0.875 bits per heavy atom. The van der Waals surface area contributed by atoms with Crippen molar-refractivity contribution in [2.45, 2.75) is 53.1 Å². The minimum atomic E-state index is 0.264. The average Bonchev–Trinajstić information content (AvgIpc) is 2.21. The Hall–Kier alpha value is -0.120. The van der Waals surface area contributed by atoms with Crippen molar-refractivity contribution in [3.05, 3.63) is 0 Å². The van der Waals surface area contributed by atoms with E-state index in [2.05, 4.69) is 44.4 Å². The molecule has 0 aliphatic carbocycles. The molecule has 0 fully saturated rings. The standard InChI is InChI=1S/C13H30N2O/c1-6-14(12(2)3)8-7-9-15(10-11-16)13(4)5/h12-13,16H,6-11H2,1-5H3. The fourth-order valence-corrected chi connectivity index (χ4v) is 2.01. The van der Waals surface area contributed by atoms with Gasteiger partial charge in [-0.15, -0.1) is 0 Å². The summed E-state index contributed by atoms with van der Waals surface area (Å²) >= 11 is 0. The maximum absolute atomic E-state index is 8.98. The first-order chi connectivity index (χ1) is 7.52. The number of rotatable bonds is 9. The Morgan fingerprint density at radius 2 is 1.38 bits per heavy atom. The van der Waals surface area contributed by atoms with E-state index in [1.165, 1.54) is 6.42 Å². The second-order valence-electron chi connectivity index (χ2n) is 4.93. The lowest BCUT2D eigenvalue weighted by atomic mass is 10.2. The summed E-state index contributed by atoms with van der Waals surface area (Å²) in [6.45, 7) is 15.5. The summed E-state index contributed by atoms with van der Waals surface area (Å²) < 4.78 is 0. The van der Waals surface area contributed by atoms with Gasteiger partial charge in [-0.05, 0) is 53.8 Å². The number of aliphatic hydroxyl groups is 1. The van der Waals surface area contributed by atoms with E-state index in [0.29, 0.717) is 12.1 Å². The van der Waals surface area contributed by atoms with Crippen molar-refractivity contribution in [3.8, 4) is 0 Å². The Bertz CT molecular complexity index is 160. The van der Waals surface area contributed by atoms with Gasteiger partial charge in [0.15, 0.2) is 0 Å². The molecular formula is C13H30N2O. The first-order valence-electron chi connectivity index (χ1n) is 6.61. The second kappa shape index (κ2) is 8.97. The molecule has 3 nitrogen and oxygen atoms in total. The molecule has 16 heavy (non-hydrogen) atoms. The van der Waals surface area contributed by atoms with Gasteiger partial charge in [-0.3, -0.25) is 4.90 Å². The third kappa shape index (κ3) is 6.46. The van der Waals surface area contributed by atoms with Crippen molar-refractivity contribution >= 4 is 0 Å². The lowest BCUT2D eigenvalue weighted by Crippen LogP contribution is -2.37. The number of aliphatic hydroxyl groups excluding tert-OH is 1. The van der Waals surface area contributed by atoms with Crippen LogP contribution in [0.4, 0.5) is 0 Å². The van der Waals surface area contributed by atoms with Crippen LogP contribution in [0.2, 0.25) is 0 Å². The maximum Gasteiger partial charge on any atom is 0.0558 e. The summed E-state index contributed by atoms with van der Waals surface area (Å²) in [6.07, 6.45) is 1.18. The molecule has 0 saturated carbocycles. The number of nitrogens with zero attached hydrogens (tertiary/aromatic N) is 2. The largest absolute Gasteiger partial charge is 0.395 e. The van der Waals surface area contributed by atoms with Gasteiger partial charge >= 0.3 is 0 Å². The first-order valence-corrected chi connectivity index (χ1v) is 6.61. The third-order valence-electron chi connectivity index (χ3n) is 3.14. The van der Waals surface area contributed by atoms with Gasteiger partial charge in [-0.2, -0.15) is 0 Å². The molecule has 0 heterocycles. The normalized spacial score (nSPS) is 12.4. The Morgan fingerprint density at radius 3 is 1.75 bits per heavy atom. The molecule has 0 amide bonds. The fourth-order valence-electron chi connectivity index (χ4n) is 2.01. The van der Waals surface area contributed by atoms with Crippen LogP contribution >= 0.6 is 0 Å². The highest BCUT2D eigenvalue weighted by atomic mass is 16.3. The van der Waals surface area contributed by atoms with Gasteiger partial charge in [-0.25, -0.2) is 0 Å². The summed E-state index contributed by atoms with van der Waals surface area (Å²) in [4.78, 5) is 4.83. The van der Waals surface area contributed by atoms with E-state index in [1.54, 1.807) is 0 Å². The first kappa shape index (κ1) is 15.9. The van der Waals surface area contributed by atoms with E-state index in [9.17, 15) is 0 Å². The van der Waals surface area contributed by atoms with Gasteiger partial charge in [-0.1, -0.05) is 6.92 Å². The summed E-state index contributed by atoms with van der Waals surface area (Å²) in [5, 5.41) is 8.98. The lowest BCUT2D eigenvalue weighted by Gasteiger charge is -2.29. The molecule has 0 rings (SSSR count). The van der Waals surface area contributed by atoms with Gasteiger partial charge in [0.2, 0.25) is 0 Å². The van der Waals surface area contributed by atoms with Crippen LogP contribution in [0, 0.1) is 0 Å². The molecule has 0 atom stereocenters. The van der Waals surface area contributed by atoms with E-state index in [1.807, 2.05) is 0 Å². The molecule has 0 aliphatic rings. The summed E-state index contributed by atoms with van der Waals surface area (Å²) in [7, 11) is 0. The van der Waals surface area contributed by atoms with Crippen molar-refractivity contribution in [1.82, 2.24) is 9.80 Å². The van der Waals surface area contributed by atoms with Crippen molar-refractivity contribution in [2.75, 3.05) is 32.8 Å². The van der Waals surface area contributed by atoms with Crippen molar-refractivity contribution in [3.63, 3.8) is 0 Å². The monoisotopic (exact) mass is 230 g/mol. The quantitative estimate of drug-likeness (QED) is 0.654. The van der Waals surface area contributed by atoms with Crippen LogP contribution in [0.25, 0.3) is 0 Å². The molecule has 98 valence electrons. The molecule has 0 spiro atoms. The minimum absolute atomic E-state index is 0.264. The Balaban J connectivity index is 3.83. The highest BCUT2D eigenvalue weighted by molar-refractivity contribution is 4.66. The molecule has 0 saturated heterocycles. The summed E-state index contributed by atoms with van der Waals surface area (Å²) in [5.41, 5.74) is 0. The highest BCUT2D eigenvalue weighted by Gasteiger charge is 2.10. The lowest BCUT2D eigenvalue weighted by molar-refractivity contribution is 0.151. The molecule has 3 heteroatoms. The number of hydrogen-bond donors (Lipinski definition) is 1. The Kier molecular flexibility index (Phi) is 8.90. The third-order valence-corrected chi connectivity index (χ3v) is 3.14.